The van der Waals surface area contributed by atoms with Gasteiger partial charge in [-0.05, 0) is 26.2 Å². The maximum Gasteiger partial charge on any atom is 0.332 e. The number of rotatable bonds is 4. The van der Waals surface area contributed by atoms with Crippen LogP contribution in [0.4, 0.5) is 0 Å². The predicted octanol–water partition coefficient (Wildman–Crippen LogP) is 1.05. The molecule has 25 heavy (non-hydrogen) atoms. The van der Waals surface area contributed by atoms with Gasteiger partial charge in [-0.1, -0.05) is 6.92 Å². The zero-order valence-electron chi connectivity index (χ0n) is 14.9. The van der Waals surface area contributed by atoms with Crippen molar-refractivity contribution in [2.75, 3.05) is 6.61 Å². The number of hydrogen-bond acceptors (Lipinski definition) is 4. The molecular weight excluding hydrogens is 322 g/mol. The number of nitrogens with zero attached hydrogens (tertiary/aromatic N) is 5. The van der Waals surface area contributed by atoms with Crippen LogP contribution in [0, 0.1) is 6.92 Å². The van der Waals surface area contributed by atoms with Crippen molar-refractivity contribution in [2.24, 2.45) is 7.05 Å². The van der Waals surface area contributed by atoms with E-state index in [1.165, 1.54) is 9.13 Å². The van der Waals surface area contributed by atoms with Gasteiger partial charge < -0.3 is 9.30 Å². The molecule has 4 heterocycles. The van der Waals surface area contributed by atoms with Crippen LogP contribution in [0.1, 0.15) is 31.9 Å². The third-order valence-electron chi connectivity index (χ3n) is 5.00. The summed E-state index contributed by atoms with van der Waals surface area (Å²) in [6.45, 7) is 5.87. The molecule has 134 valence electrons. The number of fused-ring (bicyclic) bond motifs is 3. The fourth-order valence-corrected chi connectivity index (χ4v) is 3.69. The molecule has 0 amide bonds. The van der Waals surface area contributed by atoms with E-state index in [2.05, 4.69) is 9.55 Å². The summed E-state index contributed by atoms with van der Waals surface area (Å²) in [6.07, 6.45) is 4.93. The Morgan fingerprint density at radius 3 is 2.80 bits per heavy atom. The van der Waals surface area contributed by atoms with E-state index in [0.717, 1.165) is 31.6 Å². The summed E-state index contributed by atoms with van der Waals surface area (Å²) >= 11 is 0. The van der Waals surface area contributed by atoms with Crippen LogP contribution in [-0.2, 0) is 24.9 Å². The van der Waals surface area contributed by atoms with Gasteiger partial charge in [0.15, 0.2) is 11.2 Å². The topological polar surface area (TPSA) is 75.5 Å². The monoisotopic (exact) mass is 345 g/mol. The van der Waals surface area contributed by atoms with Crippen LogP contribution >= 0.6 is 0 Å². The van der Waals surface area contributed by atoms with E-state index in [9.17, 15) is 9.59 Å². The number of imidazole rings is 2. The lowest BCUT2D eigenvalue weighted by Crippen LogP contribution is -2.39. The van der Waals surface area contributed by atoms with Gasteiger partial charge in [0.2, 0.25) is 5.78 Å². The average Bonchev–Trinajstić information content (AvgIpc) is 3.28. The molecule has 0 spiro atoms. The summed E-state index contributed by atoms with van der Waals surface area (Å²) < 4.78 is 12.4. The lowest BCUT2D eigenvalue weighted by atomic mass is 10.2. The molecule has 4 rings (SSSR count). The molecule has 1 atom stereocenters. The Hall–Kier alpha value is -2.35. The molecule has 8 nitrogen and oxygen atoms in total. The Kier molecular flexibility index (Phi) is 3.79. The summed E-state index contributed by atoms with van der Waals surface area (Å²) in [7, 11) is 1.67. The number of hydrogen-bond donors (Lipinski definition) is 0. The first-order valence-electron chi connectivity index (χ1n) is 8.82. The first-order valence-corrected chi connectivity index (χ1v) is 8.82. The second-order valence-electron chi connectivity index (χ2n) is 6.77. The first-order chi connectivity index (χ1) is 12.0. The van der Waals surface area contributed by atoms with Crippen molar-refractivity contribution in [3.05, 3.63) is 32.7 Å². The minimum atomic E-state index is -0.317. The Bertz CT molecular complexity index is 1060. The summed E-state index contributed by atoms with van der Waals surface area (Å²) in [5.74, 6) is 0.685. The quantitative estimate of drug-likeness (QED) is 0.708. The van der Waals surface area contributed by atoms with Crippen molar-refractivity contribution in [3.63, 3.8) is 0 Å². The van der Waals surface area contributed by atoms with E-state index in [1.54, 1.807) is 7.05 Å². The van der Waals surface area contributed by atoms with Gasteiger partial charge in [-0.25, -0.2) is 4.79 Å². The third kappa shape index (κ3) is 2.35. The van der Waals surface area contributed by atoms with Crippen molar-refractivity contribution in [1.82, 2.24) is 23.1 Å². The van der Waals surface area contributed by atoms with Crippen molar-refractivity contribution >= 4 is 16.9 Å². The van der Waals surface area contributed by atoms with E-state index < -0.39 is 0 Å². The van der Waals surface area contributed by atoms with Gasteiger partial charge in [0.25, 0.3) is 5.56 Å². The first kappa shape index (κ1) is 16.1. The highest BCUT2D eigenvalue weighted by molar-refractivity contribution is 5.75. The summed E-state index contributed by atoms with van der Waals surface area (Å²) in [5, 5.41) is 0. The number of ether oxygens (including phenoxy) is 1. The molecule has 0 bridgehead atoms. The van der Waals surface area contributed by atoms with Crippen molar-refractivity contribution < 1.29 is 4.74 Å². The molecule has 1 saturated heterocycles. The van der Waals surface area contributed by atoms with E-state index in [1.807, 2.05) is 24.4 Å². The fraction of sp³-hybridized carbons (Fsp3) is 0.588. The van der Waals surface area contributed by atoms with Gasteiger partial charge in [-0.2, -0.15) is 4.98 Å². The highest BCUT2D eigenvalue weighted by Crippen LogP contribution is 2.20. The van der Waals surface area contributed by atoms with E-state index >= 15 is 0 Å². The fourth-order valence-electron chi connectivity index (χ4n) is 3.69. The maximum atomic E-state index is 12.9. The van der Waals surface area contributed by atoms with E-state index in [4.69, 9.17) is 4.74 Å². The molecule has 3 aromatic rings. The highest BCUT2D eigenvalue weighted by atomic mass is 16.5. The molecule has 0 aliphatic carbocycles. The highest BCUT2D eigenvalue weighted by Gasteiger charge is 2.22. The summed E-state index contributed by atoms with van der Waals surface area (Å²) in [5.41, 5.74) is 1.32. The standard InChI is InChI=1S/C17H23N5O3/c1-4-7-20-15(23)13-14(19(3)17(20)24)18-16-21(11(2)9-22(13)16)10-12-6-5-8-25-12/h9,12H,4-8,10H2,1-3H3. The van der Waals surface area contributed by atoms with Crippen LogP contribution in [-0.4, -0.2) is 35.8 Å². The van der Waals surface area contributed by atoms with Crippen molar-refractivity contribution in [1.29, 1.82) is 0 Å². The molecule has 3 aromatic heterocycles. The normalized spacial score (nSPS) is 18.0. The Balaban J connectivity index is 1.98. The average molecular weight is 345 g/mol. The molecule has 0 aromatic carbocycles. The van der Waals surface area contributed by atoms with E-state index in [-0.39, 0.29) is 17.4 Å². The van der Waals surface area contributed by atoms with Crippen LogP contribution in [0.5, 0.6) is 0 Å². The largest absolute Gasteiger partial charge is 0.376 e. The molecular formula is C17H23N5O3. The minimum absolute atomic E-state index is 0.176. The lowest BCUT2D eigenvalue weighted by Gasteiger charge is -2.11. The van der Waals surface area contributed by atoms with Crippen molar-refractivity contribution in [3.8, 4) is 0 Å². The van der Waals surface area contributed by atoms with Crippen molar-refractivity contribution in [2.45, 2.75) is 52.3 Å². The lowest BCUT2D eigenvalue weighted by molar-refractivity contribution is 0.0974. The van der Waals surface area contributed by atoms with Crippen LogP contribution in [0.15, 0.2) is 15.8 Å². The molecule has 8 heteroatoms. The van der Waals surface area contributed by atoms with Crippen LogP contribution in [0.2, 0.25) is 0 Å². The van der Waals surface area contributed by atoms with Gasteiger partial charge >= 0.3 is 5.69 Å². The SMILES string of the molecule is CCCn1c(=O)c2c(nc3n(CC4CCCO4)c(C)cn23)n(C)c1=O. The maximum absolute atomic E-state index is 12.9. The van der Waals surface area contributed by atoms with Gasteiger partial charge in [0.05, 0.1) is 12.6 Å². The zero-order chi connectivity index (χ0) is 17.7. The number of aryl methyl sites for hydroxylation is 2. The molecule has 1 aliphatic rings. The van der Waals surface area contributed by atoms with Gasteiger partial charge in [-0.3, -0.25) is 18.3 Å². The third-order valence-corrected chi connectivity index (χ3v) is 5.00. The Morgan fingerprint density at radius 2 is 2.12 bits per heavy atom. The van der Waals surface area contributed by atoms with Gasteiger partial charge in [-0.15, -0.1) is 0 Å². The van der Waals surface area contributed by atoms with Gasteiger partial charge in [0, 0.05) is 32.1 Å². The Morgan fingerprint density at radius 1 is 1.32 bits per heavy atom. The molecule has 1 fully saturated rings. The molecule has 0 N–H and O–H groups in total. The second kappa shape index (κ2) is 5.87. The summed E-state index contributed by atoms with van der Waals surface area (Å²) in [4.78, 5) is 30.0. The molecule has 0 radical (unpaired) electrons. The second-order valence-corrected chi connectivity index (χ2v) is 6.77. The minimum Gasteiger partial charge on any atom is -0.376 e. The predicted molar refractivity (Wildman–Crippen MR) is 94.2 cm³/mol. The van der Waals surface area contributed by atoms with Crippen LogP contribution in [0.3, 0.4) is 0 Å². The summed E-state index contributed by atoms with van der Waals surface area (Å²) in [6, 6.07) is 0. The van der Waals surface area contributed by atoms with E-state index in [0.29, 0.717) is 30.0 Å². The molecule has 1 unspecified atom stereocenters. The van der Waals surface area contributed by atoms with Gasteiger partial charge in [0.1, 0.15) is 0 Å². The molecule has 0 saturated carbocycles. The Labute approximate surface area is 144 Å². The smallest absolute Gasteiger partial charge is 0.332 e. The number of aromatic nitrogens is 5. The van der Waals surface area contributed by atoms with Crippen LogP contribution in [0.25, 0.3) is 16.9 Å². The molecule has 1 aliphatic heterocycles. The van der Waals surface area contributed by atoms with Crippen LogP contribution < -0.4 is 11.2 Å². The zero-order valence-corrected chi connectivity index (χ0v) is 14.9.